The number of piperazine rings is 1. The first-order chi connectivity index (χ1) is 13.4. The van der Waals surface area contributed by atoms with Gasteiger partial charge in [0.05, 0.1) is 0 Å². The molecule has 0 aliphatic carbocycles. The van der Waals surface area contributed by atoms with Crippen LogP contribution in [0.3, 0.4) is 0 Å². The fourth-order valence-corrected chi connectivity index (χ4v) is 4.28. The summed E-state index contributed by atoms with van der Waals surface area (Å²) in [5.41, 5.74) is 4.52. The Hall–Kier alpha value is -1.59. The van der Waals surface area contributed by atoms with Gasteiger partial charge in [0.25, 0.3) is 0 Å². The van der Waals surface area contributed by atoms with E-state index in [1.54, 1.807) is 0 Å². The third-order valence-corrected chi connectivity index (χ3v) is 5.69. The Labute approximate surface area is 181 Å². The minimum Gasteiger partial charge on any atom is -0.488 e. The van der Waals surface area contributed by atoms with E-state index in [1.165, 1.54) is 11.1 Å². The highest BCUT2D eigenvalue weighted by molar-refractivity contribution is 5.85. The van der Waals surface area contributed by atoms with Crippen LogP contribution >= 0.6 is 12.4 Å². The number of aliphatic hydroxyl groups is 1. The Bertz CT molecular complexity index is 751. The van der Waals surface area contributed by atoms with Crippen molar-refractivity contribution in [1.29, 1.82) is 0 Å². The van der Waals surface area contributed by atoms with Crippen molar-refractivity contribution in [2.24, 2.45) is 5.41 Å². The summed E-state index contributed by atoms with van der Waals surface area (Å²) in [5.74, 6) is 0.966. The van der Waals surface area contributed by atoms with E-state index in [0.717, 1.165) is 43.1 Å². The molecule has 1 saturated heterocycles. The van der Waals surface area contributed by atoms with Gasteiger partial charge in [-0.1, -0.05) is 56.3 Å². The number of hydrogen-bond donors (Lipinski definition) is 2. The van der Waals surface area contributed by atoms with Crippen LogP contribution in [0.25, 0.3) is 0 Å². The van der Waals surface area contributed by atoms with Crippen LogP contribution < -0.4 is 10.1 Å². The third kappa shape index (κ3) is 5.73. The van der Waals surface area contributed by atoms with Gasteiger partial charge in [-0.3, -0.25) is 4.90 Å². The number of rotatable bonds is 7. The molecule has 0 amide bonds. The maximum Gasteiger partial charge on any atom is 0.125 e. The zero-order valence-corrected chi connectivity index (χ0v) is 18.9. The average Bonchev–Trinajstić information content (AvgIpc) is 2.69. The molecule has 2 aromatic carbocycles. The summed E-state index contributed by atoms with van der Waals surface area (Å²) >= 11 is 0. The number of nitrogens with zero attached hydrogens (tertiary/aromatic N) is 1. The molecular formula is C24H35ClN2O2. The first-order valence-electron chi connectivity index (χ1n) is 10.3. The van der Waals surface area contributed by atoms with E-state index in [2.05, 4.69) is 62.2 Å². The van der Waals surface area contributed by atoms with Crippen LogP contribution in [-0.2, 0) is 6.61 Å². The molecule has 0 saturated carbocycles. The van der Waals surface area contributed by atoms with Crippen LogP contribution in [0, 0.1) is 19.3 Å². The Morgan fingerprint density at radius 3 is 2.21 bits per heavy atom. The maximum absolute atomic E-state index is 10.1. The lowest BCUT2D eigenvalue weighted by atomic mass is 9.79. The molecule has 1 atom stereocenters. The van der Waals surface area contributed by atoms with Crippen LogP contribution in [0.1, 0.15) is 42.1 Å². The largest absolute Gasteiger partial charge is 0.488 e. The van der Waals surface area contributed by atoms with E-state index < -0.39 is 0 Å². The molecule has 0 unspecified atom stereocenters. The smallest absolute Gasteiger partial charge is 0.125 e. The lowest BCUT2D eigenvalue weighted by Crippen LogP contribution is -2.49. The van der Waals surface area contributed by atoms with E-state index >= 15 is 0 Å². The van der Waals surface area contributed by atoms with Crippen LogP contribution in [0.5, 0.6) is 5.75 Å². The minimum atomic E-state index is -0.220. The lowest BCUT2D eigenvalue weighted by molar-refractivity contribution is 0.0304. The normalized spacial score (nSPS) is 16.2. The zero-order valence-electron chi connectivity index (χ0n) is 18.1. The standard InChI is InChI=1S/C24H34N2O2.ClH/c1-18-14-21(23(24(3,4)17-27)26-12-10-25-11-13-26)15-19(2)22(18)28-16-20-8-6-5-7-9-20;/h5-9,14-15,23,25,27H,10-13,16-17H2,1-4H3;1H/t23-;/m0./s1. The number of ether oxygens (including phenoxy) is 1. The van der Waals surface area contributed by atoms with Crippen molar-refractivity contribution in [3.63, 3.8) is 0 Å². The zero-order chi connectivity index (χ0) is 20.1. The van der Waals surface area contributed by atoms with Gasteiger partial charge in [-0.25, -0.2) is 0 Å². The second kappa shape index (κ2) is 10.4. The quantitative estimate of drug-likeness (QED) is 0.704. The van der Waals surface area contributed by atoms with Crippen molar-refractivity contribution in [2.45, 2.75) is 40.3 Å². The van der Waals surface area contributed by atoms with E-state index in [1.807, 2.05) is 18.2 Å². The minimum absolute atomic E-state index is 0. The van der Waals surface area contributed by atoms with Gasteiger partial charge in [0, 0.05) is 44.2 Å². The molecule has 2 aromatic rings. The van der Waals surface area contributed by atoms with Gasteiger partial charge in [-0.05, 0) is 36.1 Å². The monoisotopic (exact) mass is 418 g/mol. The molecule has 1 aliphatic rings. The molecule has 160 valence electrons. The van der Waals surface area contributed by atoms with Crippen LogP contribution in [0.2, 0.25) is 0 Å². The highest BCUT2D eigenvalue weighted by Gasteiger charge is 2.36. The molecule has 4 nitrogen and oxygen atoms in total. The number of aryl methyl sites for hydroxylation is 2. The van der Waals surface area contributed by atoms with E-state index in [4.69, 9.17) is 4.74 Å². The highest BCUT2D eigenvalue weighted by Crippen LogP contribution is 2.40. The Balaban J connectivity index is 0.00000300. The molecule has 5 heteroatoms. The first-order valence-corrected chi connectivity index (χ1v) is 10.3. The Morgan fingerprint density at radius 1 is 1.07 bits per heavy atom. The molecule has 0 bridgehead atoms. The van der Waals surface area contributed by atoms with Gasteiger partial charge in [-0.2, -0.15) is 0 Å². The molecule has 3 rings (SSSR count). The van der Waals surface area contributed by atoms with Crippen LogP contribution in [0.4, 0.5) is 0 Å². The fraction of sp³-hybridized carbons (Fsp3) is 0.500. The molecule has 0 aromatic heterocycles. The van der Waals surface area contributed by atoms with Gasteiger partial charge < -0.3 is 15.2 Å². The predicted octanol–water partition coefficient (Wildman–Crippen LogP) is 4.27. The summed E-state index contributed by atoms with van der Waals surface area (Å²) in [6.07, 6.45) is 0. The molecular weight excluding hydrogens is 384 g/mol. The first kappa shape index (κ1) is 23.7. The number of halogens is 1. The number of aliphatic hydroxyl groups excluding tert-OH is 1. The Morgan fingerprint density at radius 2 is 1.66 bits per heavy atom. The summed E-state index contributed by atoms with van der Waals surface area (Å²) in [6, 6.07) is 14.9. The van der Waals surface area contributed by atoms with Crippen molar-refractivity contribution < 1.29 is 9.84 Å². The van der Waals surface area contributed by atoms with Gasteiger partial charge in [0.2, 0.25) is 0 Å². The van der Waals surface area contributed by atoms with Gasteiger partial charge >= 0.3 is 0 Å². The van der Waals surface area contributed by atoms with Crippen molar-refractivity contribution in [2.75, 3.05) is 32.8 Å². The van der Waals surface area contributed by atoms with Crippen molar-refractivity contribution in [3.05, 3.63) is 64.7 Å². The topological polar surface area (TPSA) is 44.7 Å². The Kier molecular flexibility index (Phi) is 8.53. The third-order valence-electron chi connectivity index (χ3n) is 5.69. The summed E-state index contributed by atoms with van der Waals surface area (Å²) in [7, 11) is 0. The molecule has 1 aliphatic heterocycles. The SMILES string of the molecule is Cc1cc([C@H](N2CCNCC2)C(C)(C)CO)cc(C)c1OCc1ccccc1.Cl. The molecule has 1 fully saturated rings. The molecule has 0 spiro atoms. The van der Waals surface area contributed by atoms with E-state index in [9.17, 15) is 5.11 Å². The second-order valence-corrected chi connectivity index (χ2v) is 8.59. The average molecular weight is 419 g/mol. The van der Waals surface area contributed by atoms with Crippen molar-refractivity contribution >= 4 is 12.4 Å². The van der Waals surface area contributed by atoms with Crippen LogP contribution in [-0.4, -0.2) is 42.8 Å². The van der Waals surface area contributed by atoms with Crippen LogP contribution in [0.15, 0.2) is 42.5 Å². The predicted molar refractivity (Wildman–Crippen MR) is 122 cm³/mol. The van der Waals surface area contributed by atoms with Crippen molar-refractivity contribution in [3.8, 4) is 5.75 Å². The molecule has 29 heavy (non-hydrogen) atoms. The molecule has 0 radical (unpaired) electrons. The number of benzene rings is 2. The van der Waals surface area contributed by atoms with Crippen molar-refractivity contribution in [1.82, 2.24) is 10.2 Å². The summed E-state index contributed by atoms with van der Waals surface area (Å²) in [6.45, 7) is 13.3. The fourth-order valence-electron chi connectivity index (χ4n) is 4.28. The summed E-state index contributed by atoms with van der Waals surface area (Å²) in [4.78, 5) is 2.51. The van der Waals surface area contributed by atoms with Gasteiger partial charge in [-0.15, -0.1) is 12.4 Å². The van der Waals surface area contributed by atoms with E-state index in [-0.39, 0.29) is 30.5 Å². The second-order valence-electron chi connectivity index (χ2n) is 8.59. The number of nitrogens with one attached hydrogen (secondary N) is 1. The molecule has 1 heterocycles. The summed E-state index contributed by atoms with van der Waals surface area (Å²) in [5, 5.41) is 13.5. The van der Waals surface area contributed by atoms with E-state index in [0.29, 0.717) is 6.61 Å². The number of hydrogen-bond acceptors (Lipinski definition) is 4. The van der Waals surface area contributed by atoms with Gasteiger partial charge in [0.15, 0.2) is 0 Å². The van der Waals surface area contributed by atoms with Gasteiger partial charge in [0.1, 0.15) is 12.4 Å². The highest BCUT2D eigenvalue weighted by atomic mass is 35.5. The lowest BCUT2D eigenvalue weighted by Gasteiger charge is -2.43. The summed E-state index contributed by atoms with van der Waals surface area (Å²) < 4.78 is 6.17. The molecule has 2 N–H and O–H groups in total. The maximum atomic E-state index is 10.1.